The summed E-state index contributed by atoms with van der Waals surface area (Å²) in [4.78, 5) is 14.2. The summed E-state index contributed by atoms with van der Waals surface area (Å²) in [7, 11) is 0. The number of hydrogen-bond acceptors (Lipinski definition) is 5. The van der Waals surface area contributed by atoms with Crippen molar-refractivity contribution in [2.24, 2.45) is 0 Å². The lowest BCUT2D eigenvalue weighted by molar-refractivity contribution is 0.638. The average molecular weight is 374 g/mol. The number of aromatic nitrogens is 2. The SMILES string of the molecule is Cc1cc(Nc2ccccc2)nc(N2CCN(c3cccc(C)c3C)CC2)n1. The summed E-state index contributed by atoms with van der Waals surface area (Å²) in [6.45, 7) is 10.2. The van der Waals surface area contributed by atoms with Gasteiger partial charge in [0, 0.05) is 49.3 Å². The fourth-order valence-electron chi connectivity index (χ4n) is 3.65. The minimum absolute atomic E-state index is 0.805. The quantitative estimate of drug-likeness (QED) is 0.731. The molecule has 144 valence electrons. The molecule has 5 nitrogen and oxygen atoms in total. The highest BCUT2D eigenvalue weighted by atomic mass is 15.3. The van der Waals surface area contributed by atoms with Crippen LogP contribution in [0.2, 0.25) is 0 Å². The van der Waals surface area contributed by atoms with Gasteiger partial charge in [-0.05, 0) is 50.1 Å². The number of aryl methyl sites for hydroxylation is 2. The first-order valence-electron chi connectivity index (χ1n) is 9.84. The van der Waals surface area contributed by atoms with Crippen LogP contribution in [-0.2, 0) is 0 Å². The Kier molecular flexibility index (Phi) is 5.15. The van der Waals surface area contributed by atoms with Crippen molar-refractivity contribution in [2.45, 2.75) is 20.8 Å². The van der Waals surface area contributed by atoms with Crippen LogP contribution in [0, 0.1) is 20.8 Å². The molecular formula is C23H27N5. The number of nitrogens with one attached hydrogen (secondary N) is 1. The van der Waals surface area contributed by atoms with Crippen LogP contribution < -0.4 is 15.1 Å². The number of benzene rings is 2. The molecule has 0 saturated carbocycles. The van der Waals surface area contributed by atoms with Crippen LogP contribution in [0.5, 0.6) is 0 Å². The van der Waals surface area contributed by atoms with E-state index in [0.29, 0.717) is 0 Å². The van der Waals surface area contributed by atoms with E-state index in [2.05, 4.69) is 52.1 Å². The van der Waals surface area contributed by atoms with E-state index in [9.17, 15) is 0 Å². The van der Waals surface area contributed by atoms with Crippen molar-refractivity contribution in [3.8, 4) is 0 Å². The summed E-state index contributed by atoms with van der Waals surface area (Å²) in [5.41, 5.74) is 6.07. The summed E-state index contributed by atoms with van der Waals surface area (Å²) < 4.78 is 0. The number of anilines is 4. The first-order chi connectivity index (χ1) is 13.6. The number of para-hydroxylation sites is 1. The lowest BCUT2D eigenvalue weighted by Crippen LogP contribution is -2.47. The third-order valence-electron chi connectivity index (χ3n) is 5.37. The van der Waals surface area contributed by atoms with Gasteiger partial charge in [0.1, 0.15) is 5.82 Å². The molecule has 2 heterocycles. The standard InChI is InChI=1S/C23H27N5/c1-17-8-7-11-21(19(17)3)27-12-14-28(15-13-27)23-24-18(2)16-22(26-23)25-20-9-5-4-6-10-20/h4-11,16H,12-15H2,1-3H3,(H,24,25,26). The van der Waals surface area contributed by atoms with Crippen LogP contribution in [-0.4, -0.2) is 36.1 Å². The molecule has 0 bridgehead atoms. The maximum absolute atomic E-state index is 4.77. The molecule has 1 N–H and O–H groups in total. The molecule has 2 aromatic carbocycles. The molecule has 1 fully saturated rings. The summed E-state index contributed by atoms with van der Waals surface area (Å²) >= 11 is 0. The van der Waals surface area contributed by atoms with E-state index in [1.54, 1.807) is 0 Å². The third-order valence-corrected chi connectivity index (χ3v) is 5.37. The van der Waals surface area contributed by atoms with E-state index < -0.39 is 0 Å². The van der Waals surface area contributed by atoms with Crippen LogP contribution in [0.25, 0.3) is 0 Å². The second-order valence-electron chi connectivity index (χ2n) is 7.38. The molecule has 28 heavy (non-hydrogen) atoms. The van der Waals surface area contributed by atoms with Gasteiger partial charge in [0.25, 0.3) is 0 Å². The van der Waals surface area contributed by atoms with Crippen LogP contribution in [0.15, 0.2) is 54.6 Å². The molecule has 0 aliphatic carbocycles. The molecule has 4 rings (SSSR count). The Balaban J connectivity index is 1.48. The van der Waals surface area contributed by atoms with Gasteiger partial charge in [-0.3, -0.25) is 0 Å². The molecule has 1 aliphatic heterocycles. The monoisotopic (exact) mass is 373 g/mol. The van der Waals surface area contributed by atoms with E-state index in [0.717, 1.165) is 49.3 Å². The normalized spacial score (nSPS) is 14.2. The highest BCUT2D eigenvalue weighted by Gasteiger charge is 2.21. The lowest BCUT2D eigenvalue weighted by Gasteiger charge is -2.37. The molecule has 1 aromatic heterocycles. The van der Waals surface area contributed by atoms with Gasteiger partial charge < -0.3 is 15.1 Å². The fourth-order valence-corrected chi connectivity index (χ4v) is 3.65. The van der Waals surface area contributed by atoms with Crippen LogP contribution in [0.1, 0.15) is 16.8 Å². The highest BCUT2D eigenvalue weighted by molar-refractivity contribution is 5.59. The van der Waals surface area contributed by atoms with E-state index in [-0.39, 0.29) is 0 Å². The van der Waals surface area contributed by atoms with Gasteiger partial charge in [0.2, 0.25) is 5.95 Å². The highest BCUT2D eigenvalue weighted by Crippen LogP contribution is 2.25. The molecular weight excluding hydrogens is 346 g/mol. The maximum Gasteiger partial charge on any atom is 0.227 e. The number of hydrogen-bond donors (Lipinski definition) is 1. The van der Waals surface area contributed by atoms with E-state index in [4.69, 9.17) is 4.98 Å². The molecule has 0 atom stereocenters. The topological polar surface area (TPSA) is 44.3 Å². The molecule has 1 aliphatic rings. The largest absolute Gasteiger partial charge is 0.368 e. The molecule has 5 heteroatoms. The molecule has 1 saturated heterocycles. The van der Waals surface area contributed by atoms with Crippen LogP contribution in [0.4, 0.5) is 23.1 Å². The van der Waals surface area contributed by atoms with E-state index in [1.165, 1.54) is 16.8 Å². The predicted octanol–water partition coefficient (Wildman–Crippen LogP) is 4.47. The Labute approximate surface area is 167 Å². The number of nitrogens with zero attached hydrogens (tertiary/aromatic N) is 4. The van der Waals surface area contributed by atoms with Crippen LogP contribution >= 0.6 is 0 Å². The minimum atomic E-state index is 0.805. The Hall–Kier alpha value is -3.08. The van der Waals surface area contributed by atoms with Gasteiger partial charge in [-0.2, -0.15) is 4.98 Å². The van der Waals surface area contributed by atoms with Crippen LogP contribution in [0.3, 0.4) is 0 Å². The fraction of sp³-hybridized carbons (Fsp3) is 0.304. The van der Waals surface area contributed by atoms with Crippen molar-refractivity contribution in [1.29, 1.82) is 0 Å². The van der Waals surface area contributed by atoms with Gasteiger partial charge in [-0.25, -0.2) is 4.98 Å². The molecule has 0 amide bonds. The van der Waals surface area contributed by atoms with Crippen molar-refractivity contribution >= 4 is 23.1 Å². The number of piperazine rings is 1. The van der Waals surface area contributed by atoms with Gasteiger partial charge in [0.15, 0.2) is 0 Å². The van der Waals surface area contributed by atoms with Gasteiger partial charge in [-0.1, -0.05) is 30.3 Å². The smallest absolute Gasteiger partial charge is 0.227 e. The Bertz CT molecular complexity index is 946. The average Bonchev–Trinajstić information content (AvgIpc) is 2.71. The zero-order chi connectivity index (χ0) is 19.5. The summed E-state index contributed by atoms with van der Waals surface area (Å²) in [6.07, 6.45) is 0. The van der Waals surface area contributed by atoms with Crippen molar-refractivity contribution in [2.75, 3.05) is 41.3 Å². The van der Waals surface area contributed by atoms with E-state index in [1.807, 2.05) is 43.3 Å². The van der Waals surface area contributed by atoms with Gasteiger partial charge in [-0.15, -0.1) is 0 Å². The zero-order valence-corrected chi connectivity index (χ0v) is 16.8. The first kappa shape index (κ1) is 18.3. The summed E-state index contributed by atoms with van der Waals surface area (Å²) in [5, 5.41) is 3.38. The third kappa shape index (κ3) is 3.93. The zero-order valence-electron chi connectivity index (χ0n) is 16.8. The summed E-state index contributed by atoms with van der Waals surface area (Å²) in [5.74, 6) is 1.64. The predicted molar refractivity (Wildman–Crippen MR) is 117 cm³/mol. The second kappa shape index (κ2) is 7.89. The first-order valence-corrected chi connectivity index (χ1v) is 9.84. The Morgan fingerprint density at radius 2 is 1.50 bits per heavy atom. The summed E-state index contributed by atoms with van der Waals surface area (Å²) in [6, 6.07) is 18.7. The van der Waals surface area contributed by atoms with Gasteiger partial charge >= 0.3 is 0 Å². The molecule has 0 unspecified atom stereocenters. The van der Waals surface area contributed by atoms with E-state index >= 15 is 0 Å². The minimum Gasteiger partial charge on any atom is -0.368 e. The van der Waals surface area contributed by atoms with Gasteiger partial charge in [0.05, 0.1) is 0 Å². The maximum atomic E-state index is 4.77. The van der Waals surface area contributed by atoms with Crippen molar-refractivity contribution in [3.63, 3.8) is 0 Å². The Morgan fingerprint density at radius 1 is 0.786 bits per heavy atom. The molecule has 0 spiro atoms. The second-order valence-corrected chi connectivity index (χ2v) is 7.38. The van der Waals surface area contributed by atoms with Crippen molar-refractivity contribution in [3.05, 3.63) is 71.4 Å². The van der Waals surface area contributed by atoms with Crippen molar-refractivity contribution < 1.29 is 0 Å². The number of rotatable bonds is 4. The molecule has 3 aromatic rings. The Morgan fingerprint density at radius 3 is 2.25 bits per heavy atom. The van der Waals surface area contributed by atoms with Crippen molar-refractivity contribution in [1.82, 2.24) is 9.97 Å². The molecule has 0 radical (unpaired) electrons. The lowest BCUT2D eigenvalue weighted by atomic mass is 10.1.